The molecule has 0 fully saturated rings. The highest BCUT2D eigenvalue weighted by Gasteiger charge is 2.17. The van der Waals surface area contributed by atoms with Crippen LogP contribution in [0.1, 0.15) is 23.8 Å². The van der Waals surface area contributed by atoms with Crippen molar-refractivity contribution in [2.75, 3.05) is 13.7 Å². The topological polar surface area (TPSA) is 56.1 Å². The van der Waals surface area contributed by atoms with Gasteiger partial charge in [-0.25, -0.2) is 0 Å². The molecular weight excluding hydrogens is 278 g/mol. The third-order valence-electron chi connectivity index (χ3n) is 3.24. The minimum absolute atomic E-state index is 0.151. The van der Waals surface area contributed by atoms with Crippen LogP contribution in [0, 0.1) is 0 Å². The highest BCUT2D eigenvalue weighted by molar-refractivity contribution is 5.94. The lowest BCUT2D eigenvalue weighted by Gasteiger charge is -2.05. The number of carbonyl (C=O) groups excluding carboxylic acids is 1. The van der Waals surface area contributed by atoms with Gasteiger partial charge >= 0.3 is 0 Å². The van der Waals surface area contributed by atoms with Crippen molar-refractivity contribution in [3.8, 4) is 17.0 Å². The molecule has 0 unspecified atom stereocenters. The summed E-state index contributed by atoms with van der Waals surface area (Å²) in [6.45, 7) is 6.78. The summed E-state index contributed by atoms with van der Waals surface area (Å²) in [5.41, 5.74) is 2.15. The average molecular weight is 299 g/mol. The zero-order chi connectivity index (χ0) is 15.9. The van der Waals surface area contributed by atoms with Crippen LogP contribution in [-0.4, -0.2) is 29.3 Å². The monoisotopic (exact) mass is 299 g/mol. The number of rotatable bonds is 7. The lowest BCUT2D eigenvalue weighted by molar-refractivity contribution is 0.0947. The first-order valence-electron chi connectivity index (χ1n) is 7.31. The SMILES string of the molecule is C=CCNC(=O)c1cc(-c2ccccc2OC)nn1CCC. The molecule has 0 atom stereocenters. The summed E-state index contributed by atoms with van der Waals surface area (Å²) in [5.74, 6) is 0.587. The largest absolute Gasteiger partial charge is 0.496 e. The molecule has 0 spiro atoms. The molecule has 1 aromatic heterocycles. The number of hydrogen-bond donors (Lipinski definition) is 1. The first kappa shape index (κ1) is 15.8. The van der Waals surface area contributed by atoms with E-state index in [1.54, 1.807) is 23.9 Å². The van der Waals surface area contributed by atoms with Crippen molar-refractivity contribution in [1.29, 1.82) is 0 Å². The molecule has 0 saturated heterocycles. The van der Waals surface area contributed by atoms with Gasteiger partial charge in [0.2, 0.25) is 0 Å². The molecule has 2 rings (SSSR count). The van der Waals surface area contributed by atoms with Crippen molar-refractivity contribution in [3.63, 3.8) is 0 Å². The molecule has 0 radical (unpaired) electrons. The Kier molecular flexibility index (Phi) is 5.36. The average Bonchev–Trinajstić information content (AvgIpc) is 2.96. The van der Waals surface area contributed by atoms with Crippen LogP contribution in [0.25, 0.3) is 11.3 Å². The van der Waals surface area contributed by atoms with Crippen molar-refractivity contribution in [2.24, 2.45) is 0 Å². The van der Waals surface area contributed by atoms with E-state index in [1.165, 1.54) is 0 Å². The Morgan fingerprint density at radius 3 is 2.91 bits per heavy atom. The van der Waals surface area contributed by atoms with Gasteiger partial charge in [0.05, 0.1) is 12.8 Å². The fraction of sp³-hybridized carbons (Fsp3) is 0.294. The standard InChI is InChI=1S/C17H21N3O2/c1-4-10-18-17(21)15-12-14(19-20(15)11-5-2)13-8-6-7-9-16(13)22-3/h4,6-9,12H,1,5,10-11H2,2-3H3,(H,18,21). The Morgan fingerprint density at radius 1 is 1.45 bits per heavy atom. The van der Waals surface area contributed by atoms with Crippen LogP contribution < -0.4 is 10.1 Å². The van der Waals surface area contributed by atoms with E-state index in [2.05, 4.69) is 23.9 Å². The summed E-state index contributed by atoms with van der Waals surface area (Å²) in [6, 6.07) is 9.44. The number of amides is 1. The van der Waals surface area contributed by atoms with Crippen LogP contribution in [0.5, 0.6) is 5.75 Å². The van der Waals surface area contributed by atoms with Gasteiger partial charge in [0.25, 0.3) is 5.91 Å². The second kappa shape index (κ2) is 7.45. The Labute approximate surface area is 130 Å². The molecule has 1 aromatic carbocycles. The predicted octanol–water partition coefficient (Wildman–Crippen LogP) is 2.88. The van der Waals surface area contributed by atoms with Crippen LogP contribution in [-0.2, 0) is 6.54 Å². The molecule has 116 valence electrons. The van der Waals surface area contributed by atoms with Gasteiger partial charge in [-0.15, -0.1) is 6.58 Å². The molecule has 0 aliphatic rings. The molecule has 2 aromatic rings. The summed E-state index contributed by atoms with van der Waals surface area (Å²) in [4.78, 5) is 12.2. The molecule has 5 nitrogen and oxygen atoms in total. The summed E-state index contributed by atoms with van der Waals surface area (Å²) < 4.78 is 7.11. The van der Waals surface area contributed by atoms with Gasteiger partial charge in [-0.1, -0.05) is 25.1 Å². The van der Waals surface area contributed by atoms with E-state index in [-0.39, 0.29) is 5.91 Å². The first-order valence-corrected chi connectivity index (χ1v) is 7.31. The third kappa shape index (κ3) is 3.36. The number of methoxy groups -OCH3 is 1. The first-order chi connectivity index (χ1) is 10.7. The van der Waals surface area contributed by atoms with Gasteiger partial charge < -0.3 is 10.1 Å². The Bertz CT molecular complexity index is 662. The van der Waals surface area contributed by atoms with Crippen molar-refractivity contribution < 1.29 is 9.53 Å². The maximum absolute atomic E-state index is 12.2. The van der Waals surface area contributed by atoms with Crippen molar-refractivity contribution in [1.82, 2.24) is 15.1 Å². The number of para-hydroxylation sites is 1. The fourth-order valence-electron chi connectivity index (χ4n) is 2.23. The molecule has 0 aliphatic carbocycles. The maximum Gasteiger partial charge on any atom is 0.269 e. The number of nitrogens with one attached hydrogen (secondary N) is 1. The van der Waals surface area contributed by atoms with E-state index in [9.17, 15) is 4.79 Å². The minimum atomic E-state index is -0.151. The molecule has 0 bridgehead atoms. The zero-order valence-corrected chi connectivity index (χ0v) is 13.0. The van der Waals surface area contributed by atoms with Crippen LogP contribution in [0.3, 0.4) is 0 Å². The van der Waals surface area contributed by atoms with Crippen LogP contribution in [0.2, 0.25) is 0 Å². The second-order valence-electron chi connectivity index (χ2n) is 4.84. The van der Waals surface area contributed by atoms with Gasteiger partial charge in [-0.05, 0) is 24.6 Å². The van der Waals surface area contributed by atoms with Gasteiger partial charge in [0.1, 0.15) is 11.4 Å². The van der Waals surface area contributed by atoms with Gasteiger partial charge in [-0.3, -0.25) is 9.48 Å². The van der Waals surface area contributed by atoms with E-state index in [0.717, 1.165) is 23.4 Å². The Morgan fingerprint density at radius 2 is 2.23 bits per heavy atom. The summed E-state index contributed by atoms with van der Waals surface area (Å²) in [5, 5.41) is 7.35. The van der Waals surface area contributed by atoms with Crippen LogP contribution in [0.4, 0.5) is 0 Å². The lowest BCUT2D eigenvalue weighted by atomic mass is 10.1. The quantitative estimate of drug-likeness (QED) is 0.800. The van der Waals surface area contributed by atoms with Crippen molar-refractivity contribution in [3.05, 3.63) is 48.7 Å². The van der Waals surface area contributed by atoms with Crippen LogP contribution in [0.15, 0.2) is 43.0 Å². The van der Waals surface area contributed by atoms with Crippen molar-refractivity contribution in [2.45, 2.75) is 19.9 Å². The minimum Gasteiger partial charge on any atom is -0.496 e. The second-order valence-corrected chi connectivity index (χ2v) is 4.84. The number of aromatic nitrogens is 2. The van der Waals surface area contributed by atoms with E-state index in [0.29, 0.717) is 18.8 Å². The number of ether oxygens (including phenoxy) is 1. The number of nitrogens with zero attached hydrogens (tertiary/aromatic N) is 2. The number of carbonyl (C=O) groups is 1. The number of hydrogen-bond acceptors (Lipinski definition) is 3. The van der Waals surface area contributed by atoms with Gasteiger partial charge in [0.15, 0.2) is 0 Å². The van der Waals surface area contributed by atoms with E-state index >= 15 is 0 Å². The highest BCUT2D eigenvalue weighted by Crippen LogP contribution is 2.29. The molecule has 22 heavy (non-hydrogen) atoms. The highest BCUT2D eigenvalue weighted by atomic mass is 16.5. The smallest absolute Gasteiger partial charge is 0.269 e. The fourth-order valence-corrected chi connectivity index (χ4v) is 2.23. The lowest BCUT2D eigenvalue weighted by Crippen LogP contribution is -2.26. The summed E-state index contributed by atoms with van der Waals surface area (Å²) >= 11 is 0. The Hall–Kier alpha value is -2.56. The third-order valence-corrected chi connectivity index (χ3v) is 3.24. The van der Waals surface area contributed by atoms with Crippen molar-refractivity contribution >= 4 is 5.91 Å². The predicted molar refractivity (Wildman–Crippen MR) is 87.0 cm³/mol. The molecule has 5 heteroatoms. The normalized spacial score (nSPS) is 10.3. The van der Waals surface area contributed by atoms with Gasteiger partial charge in [-0.2, -0.15) is 5.10 Å². The van der Waals surface area contributed by atoms with E-state index in [4.69, 9.17) is 4.74 Å². The van der Waals surface area contributed by atoms with E-state index < -0.39 is 0 Å². The summed E-state index contributed by atoms with van der Waals surface area (Å²) in [7, 11) is 1.62. The number of aryl methyl sites for hydroxylation is 1. The number of benzene rings is 1. The van der Waals surface area contributed by atoms with Gasteiger partial charge in [0, 0.05) is 18.7 Å². The molecule has 0 aliphatic heterocycles. The van der Waals surface area contributed by atoms with E-state index in [1.807, 2.05) is 24.3 Å². The van der Waals surface area contributed by atoms with Crippen LogP contribution >= 0.6 is 0 Å². The summed E-state index contributed by atoms with van der Waals surface area (Å²) in [6.07, 6.45) is 2.55. The Balaban J connectivity index is 2.41. The molecule has 0 saturated carbocycles. The zero-order valence-electron chi connectivity index (χ0n) is 13.0. The molecule has 1 amide bonds. The molecule has 1 N–H and O–H groups in total. The maximum atomic E-state index is 12.2. The molecular formula is C17H21N3O2. The molecule has 1 heterocycles.